The molecule has 6 nitrogen and oxygen atoms in total. The quantitative estimate of drug-likeness (QED) is 0.493. The van der Waals surface area contributed by atoms with E-state index in [1.165, 1.54) is 11.8 Å². The number of halogens is 1. The van der Waals surface area contributed by atoms with Gasteiger partial charge in [-0.25, -0.2) is 4.98 Å². The van der Waals surface area contributed by atoms with Crippen molar-refractivity contribution in [2.24, 2.45) is 7.05 Å². The lowest BCUT2D eigenvalue weighted by molar-refractivity contribution is -0.128. The maximum atomic E-state index is 12.8. The predicted molar refractivity (Wildman–Crippen MR) is 117 cm³/mol. The summed E-state index contributed by atoms with van der Waals surface area (Å²) in [6.07, 6.45) is 0. The average Bonchev–Trinajstić information content (AvgIpc) is 3.04. The minimum Gasteiger partial charge on any atom is -0.493 e. The third-order valence-electron chi connectivity index (χ3n) is 4.68. The number of thioether (sulfide) groups is 1. The fraction of sp³-hybridized carbons (Fsp3) is 0.333. The van der Waals surface area contributed by atoms with Crippen molar-refractivity contribution in [3.8, 4) is 11.5 Å². The summed E-state index contributed by atoms with van der Waals surface area (Å²) >= 11 is 7.48. The molecule has 0 N–H and O–H groups in total. The molecule has 0 bridgehead atoms. The van der Waals surface area contributed by atoms with E-state index in [0.29, 0.717) is 35.4 Å². The van der Waals surface area contributed by atoms with Gasteiger partial charge in [-0.1, -0.05) is 29.4 Å². The smallest absolute Gasteiger partial charge is 0.233 e. The molecule has 1 aromatic heterocycles. The molecule has 0 aliphatic carbocycles. The Labute approximate surface area is 179 Å². The molecule has 0 fully saturated rings. The number of rotatable bonds is 8. The summed E-state index contributed by atoms with van der Waals surface area (Å²) in [5, 5.41) is 1.44. The van der Waals surface area contributed by atoms with Crippen LogP contribution in [0.3, 0.4) is 0 Å². The molecule has 1 heterocycles. The van der Waals surface area contributed by atoms with Crippen molar-refractivity contribution in [3.05, 3.63) is 47.0 Å². The number of aryl methyl sites for hydroxylation is 1. The van der Waals surface area contributed by atoms with E-state index < -0.39 is 0 Å². The Morgan fingerprint density at radius 2 is 1.93 bits per heavy atom. The largest absolute Gasteiger partial charge is 0.493 e. The highest BCUT2D eigenvalue weighted by atomic mass is 35.5. The fourth-order valence-corrected chi connectivity index (χ4v) is 4.13. The van der Waals surface area contributed by atoms with Crippen LogP contribution in [0.4, 0.5) is 0 Å². The van der Waals surface area contributed by atoms with Crippen molar-refractivity contribution in [3.63, 3.8) is 0 Å². The van der Waals surface area contributed by atoms with Crippen LogP contribution in [0.25, 0.3) is 11.0 Å². The van der Waals surface area contributed by atoms with Gasteiger partial charge in [0.25, 0.3) is 0 Å². The van der Waals surface area contributed by atoms with Crippen LogP contribution in [0.1, 0.15) is 12.5 Å². The second kappa shape index (κ2) is 9.41. The van der Waals surface area contributed by atoms with Gasteiger partial charge in [0.15, 0.2) is 16.7 Å². The molecule has 29 heavy (non-hydrogen) atoms. The van der Waals surface area contributed by atoms with E-state index in [1.54, 1.807) is 14.2 Å². The Balaban J connectivity index is 1.68. The molecule has 0 radical (unpaired) electrons. The minimum absolute atomic E-state index is 0.0531. The monoisotopic (exact) mass is 433 g/mol. The number of carbonyl (C=O) groups is 1. The zero-order chi connectivity index (χ0) is 21.0. The molecule has 0 spiro atoms. The van der Waals surface area contributed by atoms with Crippen LogP contribution < -0.4 is 9.47 Å². The Bertz CT molecular complexity index is 1020. The molecule has 0 aliphatic rings. The SMILES string of the molecule is CCN(Cc1ccc(OC)c(OC)c1)C(=O)CSc1nc2cc(Cl)ccc2n1C. The van der Waals surface area contributed by atoms with Gasteiger partial charge in [-0.3, -0.25) is 4.79 Å². The van der Waals surface area contributed by atoms with E-state index in [2.05, 4.69) is 4.98 Å². The number of amides is 1. The number of hydrogen-bond donors (Lipinski definition) is 0. The molecule has 1 amide bonds. The third-order valence-corrected chi connectivity index (χ3v) is 5.93. The highest BCUT2D eigenvalue weighted by molar-refractivity contribution is 7.99. The molecule has 3 rings (SSSR count). The van der Waals surface area contributed by atoms with Gasteiger partial charge in [0.05, 0.1) is 31.0 Å². The van der Waals surface area contributed by atoms with Gasteiger partial charge in [-0.15, -0.1) is 0 Å². The standard InChI is InChI=1S/C21H24ClN3O3S/c1-5-25(12-14-6-9-18(27-3)19(10-14)28-4)20(26)13-29-21-23-16-11-15(22)7-8-17(16)24(21)2/h6-11H,5,12-13H2,1-4H3. The van der Waals surface area contributed by atoms with E-state index in [4.69, 9.17) is 21.1 Å². The van der Waals surface area contributed by atoms with Crippen molar-refractivity contribution in [2.45, 2.75) is 18.6 Å². The van der Waals surface area contributed by atoms with E-state index in [0.717, 1.165) is 21.8 Å². The normalized spacial score (nSPS) is 10.9. The van der Waals surface area contributed by atoms with Crippen LogP contribution in [0.15, 0.2) is 41.6 Å². The van der Waals surface area contributed by atoms with Crippen LogP contribution in [0.5, 0.6) is 11.5 Å². The number of methoxy groups -OCH3 is 2. The second-order valence-electron chi connectivity index (χ2n) is 6.47. The summed E-state index contributed by atoms with van der Waals surface area (Å²) in [7, 11) is 5.15. The minimum atomic E-state index is 0.0531. The molecule has 0 saturated heterocycles. The number of ether oxygens (including phenoxy) is 2. The highest BCUT2D eigenvalue weighted by Gasteiger charge is 2.16. The van der Waals surface area contributed by atoms with Crippen LogP contribution in [-0.4, -0.2) is 46.9 Å². The van der Waals surface area contributed by atoms with Gasteiger partial charge >= 0.3 is 0 Å². The first-order valence-electron chi connectivity index (χ1n) is 9.20. The van der Waals surface area contributed by atoms with Gasteiger partial charge in [-0.2, -0.15) is 0 Å². The van der Waals surface area contributed by atoms with Crippen LogP contribution >= 0.6 is 23.4 Å². The first-order chi connectivity index (χ1) is 14.0. The lowest BCUT2D eigenvalue weighted by Crippen LogP contribution is -2.31. The summed E-state index contributed by atoms with van der Waals surface area (Å²) in [5.74, 6) is 1.69. The highest BCUT2D eigenvalue weighted by Crippen LogP contribution is 2.29. The first kappa shape index (κ1) is 21.3. The third kappa shape index (κ3) is 4.79. The maximum Gasteiger partial charge on any atom is 0.233 e. The molecule has 0 atom stereocenters. The Morgan fingerprint density at radius 1 is 1.17 bits per heavy atom. The predicted octanol–water partition coefficient (Wildman–Crippen LogP) is 4.38. The number of hydrogen-bond acceptors (Lipinski definition) is 5. The molecular formula is C21H24ClN3O3S. The van der Waals surface area contributed by atoms with Gasteiger partial charge < -0.3 is 18.9 Å². The zero-order valence-electron chi connectivity index (χ0n) is 16.9. The van der Waals surface area contributed by atoms with Crippen molar-refractivity contribution in [2.75, 3.05) is 26.5 Å². The molecule has 0 aliphatic heterocycles. The van der Waals surface area contributed by atoms with Crippen molar-refractivity contribution in [1.82, 2.24) is 14.5 Å². The molecule has 3 aromatic rings. The van der Waals surface area contributed by atoms with E-state index in [9.17, 15) is 4.79 Å². The number of fused-ring (bicyclic) bond motifs is 1. The number of aromatic nitrogens is 2. The van der Waals surface area contributed by atoms with Crippen LogP contribution in [-0.2, 0) is 18.4 Å². The van der Waals surface area contributed by atoms with Crippen molar-refractivity contribution >= 4 is 40.3 Å². The molecular weight excluding hydrogens is 410 g/mol. The van der Waals surface area contributed by atoms with Crippen LogP contribution in [0.2, 0.25) is 5.02 Å². The molecule has 0 unspecified atom stereocenters. The van der Waals surface area contributed by atoms with E-state index >= 15 is 0 Å². The van der Waals surface area contributed by atoms with E-state index in [1.807, 2.05) is 59.8 Å². The van der Waals surface area contributed by atoms with Crippen LogP contribution in [0, 0.1) is 0 Å². The van der Waals surface area contributed by atoms with Gasteiger partial charge in [-0.05, 0) is 42.8 Å². The van der Waals surface area contributed by atoms with Crippen molar-refractivity contribution < 1.29 is 14.3 Å². The summed E-state index contributed by atoms with van der Waals surface area (Å²) in [6, 6.07) is 11.3. The first-order valence-corrected chi connectivity index (χ1v) is 10.6. The fourth-order valence-electron chi connectivity index (χ4n) is 3.07. The lowest BCUT2D eigenvalue weighted by atomic mass is 10.2. The van der Waals surface area contributed by atoms with Gasteiger partial charge in [0.2, 0.25) is 5.91 Å². The molecule has 154 valence electrons. The Kier molecular flexibility index (Phi) is 6.92. The lowest BCUT2D eigenvalue weighted by Gasteiger charge is -2.21. The van der Waals surface area contributed by atoms with Crippen molar-refractivity contribution in [1.29, 1.82) is 0 Å². The topological polar surface area (TPSA) is 56.6 Å². The second-order valence-corrected chi connectivity index (χ2v) is 7.85. The Morgan fingerprint density at radius 3 is 2.62 bits per heavy atom. The number of nitrogens with zero attached hydrogens (tertiary/aromatic N) is 3. The molecule has 8 heteroatoms. The number of benzene rings is 2. The molecule has 0 saturated carbocycles. The summed E-state index contributed by atoms with van der Waals surface area (Å²) in [6.45, 7) is 3.10. The average molecular weight is 434 g/mol. The molecule has 2 aromatic carbocycles. The maximum absolute atomic E-state index is 12.8. The number of imidazole rings is 1. The Hall–Kier alpha value is -2.38. The summed E-state index contributed by atoms with van der Waals surface area (Å²) in [4.78, 5) is 19.2. The summed E-state index contributed by atoms with van der Waals surface area (Å²) in [5.41, 5.74) is 2.80. The number of carbonyl (C=O) groups excluding carboxylic acids is 1. The summed E-state index contributed by atoms with van der Waals surface area (Å²) < 4.78 is 12.6. The van der Waals surface area contributed by atoms with Gasteiger partial charge in [0.1, 0.15) is 0 Å². The van der Waals surface area contributed by atoms with E-state index in [-0.39, 0.29) is 5.91 Å². The zero-order valence-corrected chi connectivity index (χ0v) is 18.5. The van der Waals surface area contributed by atoms with Gasteiger partial charge in [0, 0.05) is 25.2 Å².